The molecule has 5 heteroatoms. The standard InChI is InChI=1S/C14H19NO4/c1-17-13-10-11(7-8-15)5-6-12(13)19-9-3-4-14(16)18-2/h3-6,10H,7-9,15H2,1-2H3. The van der Waals surface area contributed by atoms with Crippen molar-refractivity contribution in [1.82, 2.24) is 0 Å². The highest BCUT2D eigenvalue weighted by Crippen LogP contribution is 2.28. The van der Waals surface area contributed by atoms with Gasteiger partial charge in [-0.2, -0.15) is 0 Å². The number of hydrogen-bond acceptors (Lipinski definition) is 5. The van der Waals surface area contributed by atoms with Crippen LogP contribution in [0, 0.1) is 0 Å². The number of hydrogen-bond donors (Lipinski definition) is 1. The zero-order chi connectivity index (χ0) is 14.1. The molecule has 1 aromatic rings. The maximum absolute atomic E-state index is 10.9. The van der Waals surface area contributed by atoms with Crippen LogP contribution in [0.25, 0.3) is 0 Å². The molecule has 0 spiro atoms. The smallest absolute Gasteiger partial charge is 0.330 e. The Labute approximate surface area is 113 Å². The Hall–Kier alpha value is -2.01. The van der Waals surface area contributed by atoms with Gasteiger partial charge >= 0.3 is 5.97 Å². The monoisotopic (exact) mass is 265 g/mol. The van der Waals surface area contributed by atoms with Crippen LogP contribution in [-0.4, -0.2) is 33.3 Å². The van der Waals surface area contributed by atoms with E-state index < -0.39 is 5.97 Å². The summed E-state index contributed by atoms with van der Waals surface area (Å²) in [5.74, 6) is 0.865. The molecule has 0 fully saturated rings. The molecule has 0 radical (unpaired) electrons. The molecule has 5 nitrogen and oxygen atoms in total. The van der Waals surface area contributed by atoms with Crippen molar-refractivity contribution >= 4 is 5.97 Å². The molecular weight excluding hydrogens is 246 g/mol. The second-order valence-electron chi connectivity index (χ2n) is 3.76. The maximum Gasteiger partial charge on any atom is 0.330 e. The largest absolute Gasteiger partial charge is 0.493 e. The molecule has 104 valence electrons. The van der Waals surface area contributed by atoms with Gasteiger partial charge < -0.3 is 19.9 Å². The fraction of sp³-hybridized carbons (Fsp3) is 0.357. The van der Waals surface area contributed by atoms with Crippen LogP contribution < -0.4 is 15.2 Å². The van der Waals surface area contributed by atoms with Gasteiger partial charge in [-0.1, -0.05) is 6.07 Å². The SMILES string of the molecule is COC(=O)C=CCOc1ccc(CCN)cc1OC. The summed E-state index contributed by atoms with van der Waals surface area (Å²) in [4.78, 5) is 10.9. The van der Waals surface area contributed by atoms with Gasteiger partial charge in [0.2, 0.25) is 0 Å². The van der Waals surface area contributed by atoms with Crippen LogP contribution in [0.2, 0.25) is 0 Å². The first kappa shape index (κ1) is 15.0. The highest BCUT2D eigenvalue weighted by Gasteiger charge is 2.04. The molecule has 0 unspecified atom stereocenters. The lowest BCUT2D eigenvalue weighted by atomic mass is 10.1. The molecule has 0 saturated carbocycles. The predicted octanol–water partition coefficient (Wildman–Crippen LogP) is 1.30. The van der Waals surface area contributed by atoms with Gasteiger partial charge in [-0.25, -0.2) is 4.79 Å². The average molecular weight is 265 g/mol. The molecule has 0 heterocycles. The number of esters is 1. The molecule has 0 atom stereocenters. The summed E-state index contributed by atoms with van der Waals surface area (Å²) >= 11 is 0. The Morgan fingerprint density at radius 2 is 2.11 bits per heavy atom. The van der Waals surface area contributed by atoms with Crippen LogP contribution >= 0.6 is 0 Å². The van der Waals surface area contributed by atoms with E-state index in [1.807, 2.05) is 18.2 Å². The zero-order valence-electron chi connectivity index (χ0n) is 11.2. The van der Waals surface area contributed by atoms with Crippen LogP contribution in [0.1, 0.15) is 5.56 Å². The van der Waals surface area contributed by atoms with Crippen LogP contribution in [0.5, 0.6) is 11.5 Å². The predicted molar refractivity (Wildman–Crippen MR) is 72.4 cm³/mol. The third-order valence-corrected chi connectivity index (χ3v) is 2.45. The first-order valence-electron chi connectivity index (χ1n) is 5.95. The maximum atomic E-state index is 10.9. The van der Waals surface area contributed by atoms with E-state index in [0.717, 1.165) is 12.0 Å². The van der Waals surface area contributed by atoms with Crippen LogP contribution in [0.4, 0.5) is 0 Å². The molecule has 0 saturated heterocycles. The van der Waals surface area contributed by atoms with Crippen molar-refractivity contribution in [2.75, 3.05) is 27.4 Å². The Balaban J connectivity index is 2.62. The van der Waals surface area contributed by atoms with Gasteiger partial charge in [-0.3, -0.25) is 0 Å². The van der Waals surface area contributed by atoms with Crippen molar-refractivity contribution < 1.29 is 19.0 Å². The Morgan fingerprint density at radius 3 is 2.74 bits per heavy atom. The van der Waals surface area contributed by atoms with E-state index in [1.54, 1.807) is 13.2 Å². The van der Waals surface area contributed by atoms with Crippen molar-refractivity contribution in [3.63, 3.8) is 0 Å². The average Bonchev–Trinajstić information content (AvgIpc) is 2.44. The molecule has 0 aliphatic rings. The van der Waals surface area contributed by atoms with Crippen LogP contribution in [0.15, 0.2) is 30.4 Å². The third kappa shape index (κ3) is 5.01. The first-order chi connectivity index (χ1) is 9.21. The van der Waals surface area contributed by atoms with Gasteiger partial charge in [0.15, 0.2) is 11.5 Å². The van der Waals surface area contributed by atoms with Crippen LogP contribution in [0.3, 0.4) is 0 Å². The van der Waals surface area contributed by atoms with Gasteiger partial charge in [0.25, 0.3) is 0 Å². The fourth-order valence-electron chi connectivity index (χ4n) is 1.50. The van der Waals surface area contributed by atoms with Crippen molar-refractivity contribution in [2.24, 2.45) is 5.73 Å². The van der Waals surface area contributed by atoms with Crippen LogP contribution in [-0.2, 0) is 16.0 Å². The topological polar surface area (TPSA) is 70.8 Å². The van der Waals surface area contributed by atoms with E-state index in [1.165, 1.54) is 13.2 Å². The lowest BCUT2D eigenvalue weighted by molar-refractivity contribution is -0.134. The van der Waals surface area contributed by atoms with Gasteiger partial charge in [0.05, 0.1) is 14.2 Å². The van der Waals surface area contributed by atoms with Gasteiger partial charge in [-0.15, -0.1) is 0 Å². The molecule has 1 rings (SSSR count). The van der Waals surface area contributed by atoms with E-state index >= 15 is 0 Å². The quantitative estimate of drug-likeness (QED) is 0.594. The number of carbonyl (C=O) groups is 1. The molecule has 0 aromatic heterocycles. The number of nitrogens with two attached hydrogens (primary N) is 1. The summed E-state index contributed by atoms with van der Waals surface area (Å²) in [5, 5.41) is 0. The molecule has 0 aliphatic heterocycles. The van der Waals surface area contributed by atoms with Crippen molar-refractivity contribution in [1.29, 1.82) is 0 Å². The first-order valence-corrected chi connectivity index (χ1v) is 5.95. The van der Waals surface area contributed by atoms with Gasteiger partial charge in [0, 0.05) is 6.08 Å². The number of benzene rings is 1. The summed E-state index contributed by atoms with van der Waals surface area (Å²) in [6, 6.07) is 5.66. The van der Waals surface area contributed by atoms with Gasteiger partial charge in [0.1, 0.15) is 6.61 Å². The number of carbonyl (C=O) groups excluding carboxylic acids is 1. The minimum Gasteiger partial charge on any atom is -0.493 e. The van der Waals surface area contributed by atoms with E-state index in [4.69, 9.17) is 15.2 Å². The van der Waals surface area contributed by atoms with E-state index in [0.29, 0.717) is 18.0 Å². The van der Waals surface area contributed by atoms with E-state index in [9.17, 15) is 4.79 Å². The molecule has 0 amide bonds. The summed E-state index contributed by atoms with van der Waals surface area (Å²) < 4.78 is 15.2. The molecule has 0 bridgehead atoms. The molecule has 0 aliphatic carbocycles. The third-order valence-electron chi connectivity index (χ3n) is 2.45. The summed E-state index contributed by atoms with van der Waals surface area (Å²) in [6.07, 6.45) is 3.69. The summed E-state index contributed by atoms with van der Waals surface area (Å²) in [6.45, 7) is 0.854. The molecule has 1 aromatic carbocycles. The minimum atomic E-state index is -0.408. The number of methoxy groups -OCH3 is 2. The second-order valence-corrected chi connectivity index (χ2v) is 3.76. The second kappa shape index (κ2) is 8.16. The molecule has 19 heavy (non-hydrogen) atoms. The Bertz CT molecular complexity index is 443. The summed E-state index contributed by atoms with van der Waals surface area (Å²) in [7, 11) is 2.91. The minimum absolute atomic E-state index is 0.266. The Kier molecular flexibility index (Phi) is 6.46. The van der Waals surface area contributed by atoms with Crippen molar-refractivity contribution in [3.05, 3.63) is 35.9 Å². The zero-order valence-corrected chi connectivity index (χ0v) is 11.2. The normalized spacial score (nSPS) is 10.5. The summed E-state index contributed by atoms with van der Waals surface area (Å²) in [5.41, 5.74) is 6.60. The van der Waals surface area contributed by atoms with Crippen molar-refractivity contribution in [3.8, 4) is 11.5 Å². The highest BCUT2D eigenvalue weighted by atomic mass is 16.5. The number of ether oxygens (including phenoxy) is 3. The number of rotatable bonds is 7. The van der Waals surface area contributed by atoms with Gasteiger partial charge in [-0.05, 0) is 36.7 Å². The Morgan fingerprint density at radius 1 is 1.32 bits per heavy atom. The molecular formula is C14H19NO4. The van der Waals surface area contributed by atoms with E-state index in [2.05, 4.69) is 4.74 Å². The fourth-order valence-corrected chi connectivity index (χ4v) is 1.50. The lowest BCUT2D eigenvalue weighted by Crippen LogP contribution is -2.04. The van der Waals surface area contributed by atoms with Crippen molar-refractivity contribution in [2.45, 2.75) is 6.42 Å². The highest BCUT2D eigenvalue weighted by molar-refractivity contribution is 5.81. The van der Waals surface area contributed by atoms with E-state index in [-0.39, 0.29) is 6.61 Å². The molecule has 2 N–H and O–H groups in total. The lowest BCUT2D eigenvalue weighted by Gasteiger charge is -2.10.